The van der Waals surface area contributed by atoms with Crippen molar-refractivity contribution >= 4 is 5.78 Å². The number of rotatable bonds is 0. The first-order chi connectivity index (χ1) is 5.75. The van der Waals surface area contributed by atoms with E-state index in [1.54, 1.807) is 0 Å². The van der Waals surface area contributed by atoms with Gasteiger partial charge in [-0.15, -0.1) is 0 Å². The molecule has 0 N–H and O–H groups in total. The van der Waals surface area contributed by atoms with Crippen LogP contribution in [0.25, 0.3) is 0 Å². The van der Waals surface area contributed by atoms with Gasteiger partial charge in [-0.3, -0.25) is 4.79 Å². The predicted octanol–water partition coefficient (Wildman–Crippen LogP) is -0.966. The average Bonchev–Trinajstić information content (AvgIpc) is 2.31. The largest absolute Gasteiger partial charge is 0.304 e. The van der Waals surface area contributed by atoms with Crippen molar-refractivity contribution in [2.24, 2.45) is 0 Å². The number of nitrogens with zero attached hydrogens (tertiary/aromatic N) is 3. The van der Waals surface area contributed by atoms with Crippen LogP contribution in [0.4, 0.5) is 0 Å². The van der Waals surface area contributed by atoms with Crippen LogP contribution in [-0.4, -0.2) is 67.0 Å². The van der Waals surface area contributed by atoms with E-state index in [9.17, 15) is 4.79 Å². The zero-order chi connectivity index (χ0) is 8.55. The fraction of sp³-hybridized carbons (Fsp3) is 0.875. The lowest BCUT2D eigenvalue weighted by Gasteiger charge is -2.22. The molecule has 2 saturated heterocycles. The topological polar surface area (TPSA) is 26.8 Å². The van der Waals surface area contributed by atoms with Crippen LogP contribution in [0.3, 0.4) is 0 Å². The van der Waals surface area contributed by atoms with Crippen LogP contribution in [-0.2, 0) is 4.79 Å². The summed E-state index contributed by atoms with van der Waals surface area (Å²) in [5.74, 6) is 0.361. The van der Waals surface area contributed by atoms with Crippen molar-refractivity contribution in [3.8, 4) is 0 Å². The molecule has 0 radical (unpaired) electrons. The SMILES string of the molecule is CN1CCN2CC(=O)CN2CC1. The molecule has 0 aromatic carbocycles. The van der Waals surface area contributed by atoms with Crippen molar-refractivity contribution in [3.63, 3.8) is 0 Å². The van der Waals surface area contributed by atoms with Crippen LogP contribution < -0.4 is 0 Å². The van der Waals surface area contributed by atoms with Crippen LogP contribution in [0.2, 0.25) is 0 Å². The van der Waals surface area contributed by atoms with Crippen molar-refractivity contribution in [3.05, 3.63) is 0 Å². The Balaban J connectivity index is 2.00. The van der Waals surface area contributed by atoms with E-state index in [2.05, 4.69) is 22.0 Å². The van der Waals surface area contributed by atoms with Crippen molar-refractivity contribution in [1.82, 2.24) is 14.9 Å². The Morgan fingerprint density at radius 2 is 1.50 bits per heavy atom. The number of hydrazine groups is 1. The first-order valence-electron chi connectivity index (χ1n) is 4.46. The second-order valence-corrected chi connectivity index (χ2v) is 3.62. The maximum absolute atomic E-state index is 11.1. The molecular weight excluding hydrogens is 154 g/mol. The number of hydrogen-bond acceptors (Lipinski definition) is 4. The van der Waals surface area contributed by atoms with Gasteiger partial charge in [-0.2, -0.15) is 0 Å². The smallest absolute Gasteiger partial charge is 0.163 e. The van der Waals surface area contributed by atoms with Gasteiger partial charge in [0.1, 0.15) is 0 Å². The number of ketones is 1. The highest BCUT2D eigenvalue weighted by atomic mass is 16.1. The van der Waals surface area contributed by atoms with Gasteiger partial charge in [0, 0.05) is 26.2 Å². The van der Waals surface area contributed by atoms with E-state index in [1.165, 1.54) is 0 Å². The van der Waals surface area contributed by atoms with E-state index >= 15 is 0 Å². The summed E-state index contributed by atoms with van der Waals surface area (Å²) in [6.07, 6.45) is 0. The molecule has 0 atom stereocenters. The molecule has 2 rings (SSSR count). The summed E-state index contributed by atoms with van der Waals surface area (Å²) in [5, 5.41) is 4.34. The third kappa shape index (κ3) is 1.50. The average molecular weight is 169 g/mol. The standard InChI is InChI=1S/C8H15N3O/c1-9-2-4-10-6-8(12)7-11(10)5-3-9/h2-7H2,1H3. The number of fused-ring (bicyclic) bond motifs is 1. The van der Waals surface area contributed by atoms with Crippen molar-refractivity contribution in [2.75, 3.05) is 46.3 Å². The van der Waals surface area contributed by atoms with Gasteiger partial charge in [0.2, 0.25) is 0 Å². The highest BCUT2D eigenvalue weighted by Crippen LogP contribution is 2.09. The van der Waals surface area contributed by atoms with E-state index in [0.29, 0.717) is 18.9 Å². The monoisotopic (exact) mass is 169 g/mol. The van der Waals surface area contributed by atoms with Crippen molar-refractivity contribution < 1.29 is 4.79 Å². The molecule has 4 nitrogen and oxygen atoms in total. The molecule has 2 heterocycles. The highest BCUT2D eigenvalue weighted by molar-refractivity contribution is 5.84. The molecule has 68 valence electrons. The minimum atomic E-state index is 0.361. The summed E-state index contributed by atoms with van der Waals surface area (Å²) in [6.45, 7) is 5.42. The molecule has 2 aliphatic rings. The van der Waals surface area contributed by atoms with Crippen LogP contribution >= 0.6 is 0 Å². The fourth-order valence-corrected chi connectivity index (χ4v) is 1.78. The molecule has 0 amide bonds. The van der Waals surface area contributed by atoms with E-state index in [-0.39, 0.29) is 0 Å². The van der Waals surface area contributed by atoms with Gasteiger partial charge in [-0.1, -0.05) is 0 Å². The summed E-state index contributed by atoms with van der Waals surface area (Å²) in [5.41, 5.74) is 0. The number of carbonyl (C=O) groups excluding carboxylic acids is 1. The molecule has 4 heteroatoms. The van der Waals surface area contributed by atoms with E-state index in [0.717, 1.165) is 26.2 Å². The summed E-state index contributed by atoms with van der Waals surface area (Å²) < 4.78 is 0. The molecule has 0 saturated carbocycles. The molecular formula is C8H15N3O. The van der Waals surface area contributed by atoms with E-state index < -0.39 is 0 Å². The van der Waals surface area contributed by atoms with Crippen LogP contribution in [0.15, 0.2) is 0 Å². The van der Waals surface area contributed by atoms with Gasteiger partial charge in [-0.05, 0) is 7.05 Å². The molecule has 2 aliphatic heterocycles. The van der Waals surface area contributed by atoms with Gasteiger partial charge in [-0.25, -0.2) is 10.0 Å². The van der Waals surface area contributed by atoms with Gasteiger partial charge in [0.25, 0.3) is 0 Å². The Morgan fingerprint density at radius 3 is 2.00 bits per heavy atom. The quantitative estimate of drug-likeness (QED) is 0.466. The second-order valence-electron chi connectivity index (χ2n) is 3.62. The minimum Gasteiger partial charge on any atom is -0.304 e. The second kappa shape index (κ2) is 3.12. The van der Waals surface area contributed by atoms with Crippen molar-refractivity contribution in [2.45, 2.75) is 0 Å². The summed E-state index contributed by atoms with van der Waals surface area (Å²) in [4.78, 5) is 13.4. The molecule has 0 spiro atoms. The Bertz CT molecular complexity index is 177. The number of likely N-dealkylation sites (N-methyl/N-ethyl adjacent to an activating group) is 1. The Hall–Kier alpha value is -0.450. The lowest BCUT2D eigenvalue weighted by Crippen LogP contribution is -2.37. The lowest BCUT2D eigenvalue weighted by molar-refractivity contribution is -0.116. The minimum absolute atomic E-state index is 0.361. The fourth-order valence-electron chi connectivity index (χ4n) is 1.78. The van der Waals surface area contributed by atoms with Crippen molar-refractivity contribution in [1.29, 1.82) is 0 Å². The zero-order valence-corrected chi connectivity index (χ0v) is 7.49. The van der Waals surface area contributed by atoms with Gasteiger partial charge in [0.15, 0.2) is 5.78 Å². The zero-order valence-electron chi connectivity index (χ0n) is 7.49. The third-order valence-corrected chi connectivity index (χ3v) is 2.60. The summed E-state index contributed by atoms with van der Waals surface area (Å²) in [7, 11) is 2.13. The number of hydrogen-bond donors (Lipinski definition) is 0. The van der Waals surface area contributed by atoms with E-state index in [1.807, 2.05) is 0 Å². The molecule has 0 aromatic heterocycles. The van der Waals surface area contributed by atoms with Crippen LogP contribution in [0.1, 0.15) is 0 Å². The van der Waals surface area contributed by atoms with Crippen LogP contribution in [0.5, 0.6) is 0 Å². The van der Waals surface area contributed by atoms with Gasteiger partial charge < -0.3 is 4.90 Å². The molecule has 0 bridgehead atoms. The molecule has 0 unspecified atom stereocenters. The third-order valence-electron chi connectivity index (χ3n) is 2.60. The number of Topliss-reactive ketones (excluding diaryl/α,β-unsaturated/α-hetero) is 1. The maximum atomic E-state index is 11.1. The van der Waals surface area contributed by atoms with Gasteiger partial charge >= 0.3 is 0 Å². The summed E-state index contributed by atoms with van der Waals surface area (Å²) >= 11 is 0. The molecule has 2 fully saturated rings. The van der Waals surface area contributed by atoms with Gasteiger partial charge in [0.05, 0.1) is 13.1 Å². The highest BCUT2D eigenvalue weighted by Gasteiger charge is 2.29. The normalized spacial score (nSPS) is 28.9. The number of carbonyl (C=O) groups is 1. The lowest BCUT2D eigenvalue weighted by atomic mass is 10.4. The first-order valence-corrected chi connectivity index (χ1v) is 4.46. The Morgan fingerprint density at radius 1 is 1.00 bits per heavy atom. The molecule has 0 aromatic rings. The molecule has 0 aliphatic carbocycles. The predicted molar refractivity (Wildman–Crippen MR) is 45.7 cm³/mol. The maximum Gasteiger partial charge on any atom is 0.163 e. The molecule has 12 heavy (non-hydrogen) atoms. The Labute approximate surface area is 72.7 Å². The summed E-state index contributed by atoms with van der Waals surface area (Å²) in [6, 6.07) is 0. The van der Waals surface area contributed by atoms with E-state index in [4.69, 9.17) is 0 Å². The first kappa shape index (κ1) is 8.16. The Kier molecular flexibility index (Phi) is 2.12. The van der Waals surface area contributed by atoms with Crippen LogP contribution in [0, 0.1) is 0 Å².